The minimum atomic E-state index is 0.343. The number of hydrogen-bond donors (Lipinski definition) is 0. The Morgan fingerprint density at radius 2 is 1.77 bits per heavy atom. The van der Waals surface area contributed by atoms with Crippen LogP contribution in [-0.2, 0) is 18.0 Å². The maximum atomic E-state index is 5.91. The molecule has 4 aromatic rings. The topological polar surface area (TPSA) is 52.3 Å². The molecule has 0 aliphatic rings. The SMILES string of the molecule is Clc1ccc(C#Cc2ccc(/C(Cn3ccnc3)=N/OCc3nccs3)cc2)cc1. The summed E-state index contributed by atoms with van der Waals surface area (Å²) in [5.41, 5.74) is 3.59. The van der Waals surface area contributed by atoms with Crippen molar-refractivity contribution in [1.29, 1.82) is 0 Å². The molecule has 0 unspecified atom stereocenters. The first kappa shape index (κ1) is 19.9. The molecule has 0 fully saturated rings. The number of aromatic nitrogens is 3. The van der Waals surface area contributed by atoms with Crippen LogP contribution in [0.1, 0.15) is 21.7 Å². The number of imidazole rings is 1. The van der Waals surface area contributed by atoms with Crippen molar-refractivity contribution >= 4 is 28.6 Å². The molecular weight excluding hydrogens is 416 g/mol. The molecule has 0 aliphatic heterocycles. The molecule has 0 radical (unpaired) electrons. The lowest BCUT2D eigenvalue weighted by Crippen LogP contribution is -2.11. The Labute approximate surface area is 183 Å². The van der Waals surface area contributed by atoms with Crippen LogP contribution in [0, 0.1) is 11.8 Å². The molecule has 2 heterocycles. The molecule has 0 bridgehead atoms. The van der Waals surface area contributed by atoms with Gasteiger partial charge in [-0.1, -0.05) is 40.7 Å². The molecule has 5 nitrogen and oxygen atoms in total. The summed E-state index contributed by atoms with van der Waals surface area (Å²) >= 11 is 7.45. The molecule has 0 saturated heterocycles. The van der Waals surface area contributed by atoms with Crippen molar-refractivity contribution in [2.45, 2.75) is 13.2 Å². The Kier molecular flexibility index (Phi) is 6.55. The standard InChI is InChI=1S/C23H17ClN4OS/c24-21-9-5-19(6-10-21)2-1-18-3-7-20(8-4-18)22(15-28-13-11-25-17-28)27-29-16-23-26-12-14-30-23/h3-14,17H,15-16H2/b27-22+. The van der Waals surface area contributed by atoms with Gasteiger partial charge in [-0.2, -0.15) is 0 Å². The van der Waals surface area contributed by atoms with Gasteiger partial charge in [0.15, 0.2) is 6.61 Å². The average Bonchev–Trinajstić information content (AvgIpc) is 3.47. The highest BCUT2D eigenvalue weighted by Gasteiger charge is 2.07. The highest BCUT2D eigenvalue weighted by molar-refractivity contribution is 7.09. The number of thiazole rings is 1. The first-order valence-corrected chi connectivity index (χ1v) is 10.4. The van der Waals surface area contributed by atoms with Gasteiger partial charge in [0.1, 0.15) is 10.7 Å². The van der Waals surface area contributed by atoms with Crippen LogP contribution < -0.4 is 0 Å². The van der Waals surface area contributed by atoms with E-state index in [-0.39, 0.29) is 0 Å². The van der Waals surface area contributed by atoms with Gasteiger partial charge >= 0.3 is 0 Å². The van der Waals surface area contributed by atoms with Gasteiger partial charge in [-0.05, 0) is 36.4 Å². The molecule has 148 valence electrons. The largest absolute Gasteiger partial charge is 0.388 e. The Morgan fingerprint density at radius 3 is 2.40 bits per heavy atom. The fourth-order valence-electron chi connectivity index (χ4n) is 2.64. The van der Waals surface area contributed by atoms with Crippen LogP contribution in [0.5, 0.6) is 0 Å². The molecule has 0 atom stereocenters. The highest BCUT2D eigenvalue weighted by atomic mass is 35.5. The van der Waals surface area contributed by atoms with Crippen molar-refractivity contribution in [3.8, 4) is 11.8 Å². The predicted octanol–water partition coefficient (Wildman–Crippen LogP) is 5.01. The van der Waals surface area contributed by atoms with E-state index in [0.29, 0.717) is 18.2 Å². The number of oxime groups is 1. The van der Waals surface area contributed by atoms with E-state index in [4.69, 9.17) is 16.4 Å². The molecule has 0 N–H and O–H groups in total. The second-order valence-corrected chi connectivity index (χ2v) is 7.72. The quantitative estimate of drug-likeness (QED) is 0.244. The number of hydrogen-bond acceptors (Lipinski definition) is 5. The van der Waals surface area contributed by atoms with Crippen LogP contribution in [0.4, 0.5) is 0 Å². The van der Waals surface area contributed by atoms with Crippen molar-refractivity contribution in [2.75, 3.05) is 0 Å². The second-order valence-electron chi connectivity index (χ2n) is 6.31. The minimum absolute atomic E-state index is 0.343. The Bertz CT molecular complexity index is 1160. The van der Waals surface area contributed by atoms with Gasteiger partial charge < -0.3 is 9.40 Å². The van der Waals surface area contributed by atoms with Crippen molar-refractivity contribution < 1.29 is 4.84 Å². The molecule has 0 aliphatic carbocycles. The second kappa shape index (κ2) is 9.88. The van der Waals surface area contributed by atoms with Crippen molar-refractivity contribution in [2.24, 2.45) is 5.16 Å². The summed E-state index contributed by atoms with van der Waals surface area (Å²) in [5, 5.41) is 7.86. The first-order valence-electron chi connectivity index (χ1n) is 9.17. The fraction of sp³-hybridized carbons (Fsp3) is 0.0870. The van der Waals surface area contributed by atoms with Gasteiger partial charge in [0, 0.05) is 45.7 Å². The number of benzene rings is 2. The molecule has 2 aromatic heterocycles. The van der Waals surface area contributed by atoms with E-state index in [2.05, 4.69) is 27.0 Å². The molecule has 0 saturated carbocycles. The zero-order valence-electron chi connectivity index (χ0n) is 15.9. The first-order chi connectivity index (χ1) is 14.8. The lowest BCUT2D eigenvalue weighted by atomic mass is 10.1. The van der Waals surface area contributed by atoms with Crippen molar-refractivity contribution in [1.82, 2.24) is 14.5 Å². The third-order valence-corrected chi connectivity index (χ3v) is 5.16. The normalized spacial score (nSPS) is 11.0. The lowest BCUT2D eigenvalue weighted by Gasteiger charge is -2.08. The van der Waals surface area contributed by atoms with E-state index in [0.717, 1.165) is 27.4 Å². The fourth-order valence-corrected chi connectivity index (χ4v) is 3.29. The molecule has 0 spiro atoms. The summed E-state index contributed by atoms with van der Waals surface area (Å²) < 4.78 is 1.94. The lowest BCUT2D eigenvalue weighted by molar-refractivity contribution is 0.129. The number of halogens is 1. The van der Waals surface area contributed by atoms with Gasteiger partial charge in [-0.15, -0.1) is 11.3 Å². The third-order valence-electron chi connectivity index (χ3n) is 4.15. The molecule has 2 aromatic carbocycles. The summed E-state index contributed by atoms with van der Waals surface area (Å²) in [6, 6.07) is 15.4. The van der Waals surface area contributed by atoms with E-state index in [1.807, 2.05) is 64.7 Å². The van der Waals surface area contributed by atoms with E-state index in [9.17, 15) is 0 Å². The van der Waals surface area contributed by atoms with Crippen molar-refractivity contribution in [3.05, 3.63) is 106 Å². The predicted molar refractivity (Wildman–Crippen MR) is 120 cm³/mol. The average molecular weight is 433 g/mol. The van der Waals surface area contributed by atoms with Crippen molar-refractivity contribution in [3.63, 3.8) is 0 Å². The summed E-state index contributed by atoms with van der Waals surface area (Å²) in [6.45, 7) is 0.892. The summed E-state index contributed by atoms with van der Waals surface area (Å²) in [4.78, 5) is 13.9. The van der Waals surface area contributed by atoms with Crippen LogP contribution in [0.15, 0.2) is 84.0 Å². The van der Waals surface area contributed by atoms with E-state index in [1.165, 1.54) is 11.3 Å². The van der Waals surface area contributed by atoms with E-state index < -0.39 is 0 Å². The number of nitrogens with zero attached hydrogens (tertiary/aromatic N) is 4. The summed E-state index contributed by atoms with van der Waals surface area (Å²) in [7, 11) is 0. The summed E-state index contributed by atoms with van der Waals surface area (Å²) in [5.74, 6) is 6.31. The van der Waals surface area contributed by atoms with E-state index >= 15 is 0 Å². The van der Waals surface area contributed by atoms with Gasteiger partial charge in [0.25, 0.3) is 0 Å². The van der Waals surface area contributed by atoms with Gasteiger partial charge in [-0.25, -0.2) is 9.97 Å². The molecular formula is C23H17ClN4OS. The van der Waals surface area contributed by atoms with Crippen LogP contribution >= 0.6 is 22.9 Å². The van der Waals surface area contributed by atoms with E-state index in [1.54, 1.807) is 18.7 Å². The monoisotopic (exact) mass is 432 g/mol. The third kappa shape index (κ3) is 5.57. The maximum Gasteiger partial charge on any atom is 0.168 e. The van der Waals surface area contributed by atoms with Crippen LogP contribution in [-0.4, -0.2) is 20.2 Å². The highest BCUT2D eigenvalue weighted by Crippen LogP contribution is 2.11. The number of rotatable bonds is 6. The van der Waals surface area contributed by atoms with Crippen LogP contribution in [0.3, 0.4) is 0 Å². The molecule has 30 heavy (non-hydrogen) atoms. The Balaban J connectivity index is 1.50. The zero-order valence-corrected chi connectivity index (χ0v) is 17.5. The minimum Gasteiger partial charge on any atom is -0.388 e. The summed E-state index contributed by atoms with van der Waals surface area (Å²) in [6.07, 6.45) is 7.14. The smallest absolute Gasteiger partial charge is 0.168 e. The van der Waals surface area contributed by atoms with Crippen LogP contribution in [0.2, 0.25) is 5.02 Å². The Morgan fingerprint density at radius 1 is 1.03 bits per heavy atom. The van der Waals surface area contributed by atoms with Gasteiger partial charge in [0.2, 0.25) is 0 Å². The molecule has 0 amide bonds. The Hall–Kier alpha value is -3.40. The van der Waals surface area contributed by atoms with Gasteiger partial charge in [0.05, 0.1) is 12.9 Å². The zero-order chi connectivity index (χ0) is 20.6. The maximum absolute atomic E-state index is 5.91. The molecule has 7 heteroatoms. The van der Waals surface area contributed by atoms with Crippen LogP contribution in [0.25, 0.3) is 0 Å². The molecule has 4 rings (SSSR count). The van der Waals surface area contributed by atoms with Gasteiger partial charge in [-0.3, -0.25) is 0 Å².